The van der Waals surface area contributed by atoms with Gasteiger partial charge in [0.1, 0.15) is 0 Å². The molecule has 0 aliphatic heterocycles. The highest BCUT2D eigenvalue weighted by Crippen LogP contribution is 2.22. The third-order valence-corrected chi connectivity index (χ3v) is 14.1. The number of aliphatic hydroxyl groups is 1. The quantitative estimate of drug-likeness (QED) is 0.0479. The van der Waals surface area contributed by atoms with Crippen molar-refractivity contribution in [1.82, 2.24) is 9.80 Å². The third kappa shape index (κ3) is 45.2. The van der Waals surface area contributed by atoms with Crippen LogP contribution in [-0.2, 0) is 23.9 Å². The molecule has 1 N–H and O–H groups in total. The van der Waals surface area contributed by atoms with Gasteiger partial charge in [-0.2, -0.15) is 0 Å². The van der Waals surface area contributed by atoms with Crippen molar-refractivity contribution in [2.24, 2.45) is 11.8 Å². The lowest BCUT2D eigenvalue weighted by Gasteiger charge is -2.25. The van der Waals surface area contributed by atoms with Crippen molar-refractivity contribution in [3.63, 3.8) is 0 Å². The van der Waals surface area contributed by atoms with Crippen LogP contribution in [0.1, 0.15) is 298 Å². The number of amides is 1. The number of rotatable bonds is 54. The summed E-state index contributed by atoms with van der Waals surface area (Å²) in [4.78, 5) is 43.2. The number of ether oxygens (including phenoxy) is 2. The van der Waals surface area contributed by atoms with Gasteiger partial charge in [-0.1, -0.05) is 208 Å². The molecule has 0 rings (SSSR count). The molecule has 0 aliphatic carbocycles. The topological polar surface area (TPSA) is 96.4 Å². The van der Waals surface area contributed by atoms with E-state index in [4.69, 9.17) is 9.47 Å². The van der Waals surface area contributed by atoms with E-state index in [0.717, 1.165) is 96.9 Å². The Morgan fingerprint density at radius 1 is 0.358 bits per heavy atom. The predicted molar refractivity (Wildman–Crippen MR) is 287 cm³/mol. The average molecular weight is 950 g/mol. The molecule has 0 saturated heterocycles. The van der Waals surface area contributed by atoms with Crippen molar-refractivity contribution in [1.29, 1.82) is 0 Å². The van der Waals surface area contributed by atoms with Crippen molar-refractivity contribution < 1.29 is 29.0 Å². The first-order valence-electron chi connectivity index (χ1n) is 29.8. The summed E-state index contributed by atoms with van der Waals surface area (Å²) >= 11 is 0. The number of nitrogens with zero attached hydrogens (tertiary/aromatic N) is 2. The summed E-state index contributed by atoms with van der Waals surface area (Å²) in [6.07, 6.45) is 46.8. The van der Waals surface area contributed by atoms with Gasteiger partial charge in [-0.25, -0.2) is 0 Å². The standard InChI is InChI=1S/C59H116N2O6/c1-6-11-16-21-24-31-42-55(40-29-19-14-9-4)53-66-58(64)44-33-27-35-47-60(49-38-39-51-61(57(63)46-52-62)50-37-26-23-18-13-8-3)48-36-28-34-45-59(65)67-54-56(41-30-20-15-10-5)43-32-25-22-17-12-7-2/h55-56,62H,6-54H2,1-5H3. The zero-order valence-corrected chi connectivity index (χ0v) is 45.7. The fourth-order valence-corrected chi connectivity index (χ4v) is 9.57. The van der Waals surface area contributed by atoms with Crippen LogP contribution in [0.15, 0.2) is 0 Å². The molecular weight excluding hydrogens is 833 g/mol. The van der Waals surface area contributed by atoms with Crippen LogP contribution in [0.3, 0.4) is 0 Å². The first-order valence-corrected chi connectivity index (χ1v) is 29.8. The number of unbranched alkanes of at least 4 members (excludes halogenated alkanes) is 26. The molecule has 398 valence electrons. The summed E-state index contributed by atoms with van der Waals surface area (Å²) < 4.78 is 11.8. The lowest BCUT2D eigenvalue weighted by atomic mass is 9.95. The Balaban J connectivity index is 5.07. The van der Waals surface area contributed by atoms with Gasteiger partial charge in [-0.3, -0.25) is 14.4 Å². The molecule has 0 aromatic heterocycles. The van der Waals surface area contributed by atoms with Gasteiger partial charge in [-0.05, 0) is 102 Å². The fourth-order valence-electron chi connectivity index (χ4n) is 9.57. The Hall–Kier alpha value is -1.67. The molecule has 0 fully saturated rings. The second-order valence-corrected chi connectivity index (χ2v) is 20.7. The second kappa shape index (κ2) is 52.2. The zero-order valence-electron chi connectivity index (χ0n) is 45.7. The van der Waals surface area contributed by atoms with E-state index in [-0.39, 0.29) is 30.9 Å². The largest absolute Gasteiger partial charge is 0.465 e. The van der Waals surface area contributed by atoms with E-state index in [0.29, 0.717) is 37.9 Å². The zero-order chi connectivity index (χ0) is 49.1. The highest BCUT2D eigenvalue weighted by molar-refractivity contribution is 5.76. The lowest BCUT2D eigenvalue weighted by molar-refractivity contribution is -0.146. The van der Waals surface area contributed by atoms with E-state index in [2.05, 4.69) is 39.5 Å². The summed E-state index contributed by atoms with van der Waals surface area (Å²) in [6.45, 7) is 16.9. The molecule has 0 aliphatic rings. The van der Waals surface area contributed by atoms with Gasteiger partial charge >= 0.3 is 11.9 Å². The van der Waals surface area contributed by atoms with Gasteiger partial charge in [0.05, 0.1) is 19.8 Å². The van der Waals surface area contributed by atoms with Crippen molar-refractivity contribution in [3.05, 3.63) is 0 Å². The number of aliphatic hydroxyl groups excluding tert-OH is 1. The van der Waals surface area contributed by atoms with Crippen molar-refractivity contribution in [2.45, 2.75) is 298 Å². The summed E-state index contributed by atoms with van der Waals surface area (Å²) in [5.41, 5.74) is 0. The van der Waals surface area contributed by atoms with Gasteiger partial charge in [0.2, 0.25) is 5.91 Å². The SMILES string of the molecule is CCCCCCCCC(CCCCCC)COC(=O)CCCCCN(CCCCCC(=O)OCC(CCCCCC)CCCCCCCC)CCCCN(CCCCCCCC)C(=O)CCO. The van der Waals surface area contributed by atoms with Crippen LogP contribution in [0, 0.1) is 11.8 Å². The molecule has 1 amide bonds. The van der Waals surface area contributed by atoms with Crippen LogP contribution in [-0.4, -0.2) is 85.3 Å². The van der Waals surface area contributed by atoms with Gasteiger partial charge in [0.25, 0.3) is 0 Å². The van der Waals surface area contributed by atoms with Crippen molar-refractivity contribution >= 4 is 17.8 Å². The van der Waals surface area contributed by atoms with Crippen LogP contribution in [0.5, 0.6) is 0 Å². The molecule has 0 spiro atoms. The second-order valence-electron chi connectivity index (χ2n) is 20.7. The maximum Gasteiger partial charge on any atom is 0.305 e. The Morgan fingerprint density at radius 3 is 1.01 bits per heavy atom. The summed E-state index contributed by atoms with van der Waals surface area (Å²) in [5.74, 6) is 1.01. The Bertz CT molecular complexity index is 999. The molecule has 0 saturated carbocycles. The minimum Gasteiger partial charge on any atom is -0.465 e. The van der Waals surface area contributed by atoms with E-state index >= 15 is 0 Å². The average Bonchev–Trinajstić information content (AvgIpc) is 3.32. The predicted octanol–water partition coefficient (Wildman–Crippen LogP) is 16.5. The molecule has 0 heterocycles. The van der Waals surface area contributed by atoms with E-state index in [9.17, 15) is 19.5 Å². The first kappa shape index (κ1) is 65.3. The smallest absolute Gasteiger partial charge is 0.305 e. The van der Waals surface area contributed by atoms with E-state index < -0.39 is 0 Å². The number of hydrogen-bond donors (Lipinski definition) is 1. The van der Waals surface area contributed by atoms with Crippen LogP contribution in [0.2, 0.25) is 0 Å². The normalized spacial score (nSPS) is 12.5. The maximum absolute atomic E-state index is 12.9. The minimum atomic E-state index is -0.0904. The maximum atomic E-state index is 12.9. The third-order valence-electron chi connectivity index (χ3n) is 14.1. The first-order chi connectivity index (χ1) is 32.8. The molecule has 0 aromatic rings. The monoisotopic (exact) mass is 949 g/mol. The number of esters is 2. The van der Waals surface area contributed by atoms with Gasteiger partial charge < -0.3 is 24.4 Å². The number of carbonyl (C=O) groups is 3. The summed E-state index contributed by atoms with van der Waals surface area (Å²) in [7, 11) is 0. The van der Waals surface area contributed by atoms with Gasteiger partial charge in [-0.15, -0.1) is 0 Å². The molecule has 0 bridgehead atoms. The van der Waals surface area contributed by atoms with E-state index in [1.807, 2.05) is 4.90 Å². The van der Waals surface area contributed by atoms with E-state index in [1.54, 1.807) is 0 Å². The van der Waals surface area contributed by atoms with Crippen LogP contribution in [0.25, 0.3) is 0 Å². The Morgan fingerprint density at radius 2 is 0.642 bits per heavy atom. The number of carbonyl (C=O) groups excluding carboxylic acids is 3. The van der Waals surface area contributed by atoms with Gasteiger partial charge in [0.15, 0.2) is 0 Å². The molecule has 8 heteroatoms. The molecular formula is C59H116N2O6. The minimum absolute atomic E-state index is 0.0292. The molecule has 0 radical (unpaired) electrons. The highest BCUT2D eigenvalue weighted by Gasteiger charge is 2.16. The van der Waals surface area contributed by atoms with Crippen LogP contribution in [0.4, 0.5) is 0 Å². The van der Waals surface area contributed by atoms with Crippen molar-refractivity contribution in [3.8, 4) is 0 Å². The van der Waals surface area contributed by atoms with E-state index in [1.165, 1.54) is 180 Å². The molecule has 2 atom stereocenters. The molecule has 2 unspecified atom stereocenters. The summed E-state index contributed by atoms with van der Waals surface area (Å²) in [5, 5.41) is 9.49. The molecule has 8 nitrogen and oxygen atoms in total. The van der Waals surface area contributed by atoms with Gasteiger partial charge in [0, 0.05) is 32.4 Å². The van der Waals surface area contributed by atoms with Crippen molar-refractivity contribution in [2.75, 3.05) is 52.5 Å². The number of hydrogen-bond acceptors (Lipinski definition) is 7. The van der Waals surface area contributed by atoms with Crippen LogP contribution >= 0.6 is 0 Å². The Labute approximate surface area is 417 Å². The lowest BCUT2D eigenvalue weighted by Crippen LogP contribution is -2.34. The Kier molecular flexibility index (Phi) is 50.9. The fraction of sp³-hybridized carbons (Fsp3) is 0.949. The summed E-state index contributed by atoms with van der Waals surface area (Å²) in [6, 6.07) is 0. The van der Waals surface area contributed by atoms with Crippen LogP contribution < -0.4 is 0 Å². The molecule has 67 heavy (non-hydrogen) atoms. The molecule has 0 aromatic carbocycles. The highest BCUT2D eigenvalue weighted by atomic mass is 16.5.